The summed E-state index contributed by atoms with van der Waals surface area (Å²) in [6.45, 7) is 1.48. The number of hydrogen-bond donors (Lipinski definition) is 3. The second-order valence-electron chi connectivity index (χ2n) is 8.84. The molecule has 11 heteroatoms. The SMILES string of the molecule is CSCC[C@H](NC(=O)CN(Cc1cccc(C#N)c1)C[C@@H]1CCCN1C(=O)Cc1c[nH]cn1)C(=O)O. The number of carboxylic acid groups (broad SMARTS) is 1. The third kappa shape index (κ3) is 8.10. The molecule has 2 amide bonds. The highest BCUT2D eigenvalue weighted by atomic mass is 32.2. The molecule has 1 aliphatic heterocycles. The number of aromatic amines is 1. The van der Waals surface area contributed by atoms with Gasteiger partial charge in [0.2, 0.25) is 11.8 Å². The number of carbonyl (C=O) groups is 3. The summed E-state index contributed by atoms with van der Waals surface area (Å²) in [6, 6.07) is 8.28. The van der Waals surface area contributed by atoms with Crippen molar-refractivity contribution in [2.45, 2.75) is 44.3 Å². The van der Waals surface area contributed by atoms with Crippen molar-refractivity contribution >= 4 is 29.5 Å². The van der Waals surface area contributed by atoms with Gasteiger partial charge in [0.15, 0.2) is 0 Å². The first-order chi connectivity index (χ1) is 17.4. The summed E-state index contributed by atoms with van der Waals surface area (Å²) in [5.41, 5.74) is 2.07. The van der Waals surface area contributed by atoms with Crippen molar-refractivity contribution in [3.63, 3.8) is 0 Å². The third-order valence-corrected chi connectivity index (χ3v) is 6.77. The van der Waals surface area contributed by atoms with E-state index in [1.165, 1.54) is 11.8 Å². The van der Waals surface area contributed by atoms with Crippen molar-refractivity contribution in [1.29, 1.82) is 5.26 Å². The third-order valence-electron chi connectivity index (χ3n) is 6.13. The lowest BCUT2D eigenvalue weighted by atomic mass is 10.1. The van der Waals surface area contributed by atoms with Crippen LogP contribution < -0.4 is 5.32 Å². The molecule has 0 saturated carbocycles. The predicted octanol–water partition coefficient (Wildman–Crippen LogP) is 1.64. The average molecular weight is 513 g/mol. The summed E-state index contributed by atoms with van der Waals surface area (Å²) in [6.07, 6.45) is 7.37. The van der Waals surface area contributed by atoms with Crippen LogP contribution in [-0.4, -0.2) is 86.4 Å². The molecule has 1 aromatic carbocycles. The molecule has 0 bridgehead atoms. The minimum absolute atomic E-state index is 0.0107. The van der Waals surface area contributed by atoms with Gasteiger partial charge in [0.05, 0.1) is 36.6 Å². The number of nitrogens with zero attached hydrogens (tertiary/aromatic N) is 4. The zero-order valence-electron chi connectivity index (χ0n) is 20.4. The van der Waals surface area contributed by atoms with E-state index in [1.807, 2.05) is 22.1 Å². The molecule has 1 fully saturated rings. The number of aliphatic carboxylic acids is 1. The Hall–Kier alpha value is -3.36. The number of rotatable bonds is 13. The second-order valence-corrected chi connectivity index (χ2v) is 9.83. The van der Waals surface area contributed by atoms with Gasteiger partial charge in [-0.2, -0.15) is 17.0 Å². The fourth-order valence-electron chi connectivity index (χ4n) is 4.41. The van der Waals surface area contributed by atoms with E-state index in [0.717, 1.165) is 18.4 Å². The normalized spacial score (nSPS) is 16.0. The fraction of sp³-hybridized carbons (Fsp3) is 0.480. The van der Waals surface area contributed by atoms with Crippen molar-refractivity contribution in [2.75, 3.05) is 31.6 Å². The summed E-state index contributed by atoms with van der Waals surface area (Å²) < 4.78 is 0. The lowest BCUT2D eigenvalue weighted by molar-refractivity contribution is -0.142. The molecular weight excluding hydrogens is 480 g/mol. The lowest BCUT2D eigenvalue weighted by Crippen LogP contribution is -2.49. The number of hydrogen-bond acceptors (Lipinski definition) is 7. The number of amides is 2. The summed E-state index contributed by atoms with van der Waals surface area (Å²) in [5.74, 6) is -0.829. The molecule has 0 spiro atoms. The van der Waals surface area contributed by atoms with E-state index in [1.54, 1.807) is 30.7 Å². The molecule has 2 aromatic rings. The van der Waals surface area contributed by atoms with Gasteiger partial charge >= 0.3 is 5.97 Å². The predicted molar refractivity (Wildman–Crippen MR) is 136 cm³/mol. The van der Waals surface area contributed by atoms with Crippen molar-refractivity contribution in [2.24, 2.45) is 0 Å². The van der Waals surface area contributed by atoms with Gasteiger partial charge in [0.25, 0.3) is 0 Å². The number of nitrogens with one attached hydrogen (secondary N) is 2. The van der Waals surface area contributed by atoms with E-state index in [2.05, 4.69) is 21.4 Å². The van der Waals surface area contributed by atoms with Gasteiger partial charge in [-0.3, -0.25) is 14.5 Å². The summed E-state index contributed by atoms with van der Waals surface area (Å²) in [5, 5.41) is 21.4. The van der Waals surface area contributed by atoms with E-state index < -0.39 is 12.0 Å². The minimum atomic E-state index is -1.06. The number of nitriles is 1. The Labute approximate surface area is 215 Å². The van der Waals surface area contributed by atoms with Crippen LogP contribution in [0.2, 0.25) is 0 Å². The van der Waals surface area contributed by atoms with Gasteiger partial charge in [-0.25, -0.2) is 9.78 Å². The van der Waals surface area contributed by atoms with E-state index in [-0.39, 0.29) is 30.8 Å². The van der Waals surface area contributed by atoms with Crippen LogP contribution in [0, 0.1) is 11.3 Å². The van der Waals surface area contributed by atoms with Crippen molar-refractivity contribution in [3.8, 4) is 6.07 Å². The van der Waals surface area contributed by atoms with Gasteiger partial charge in [-0.05, 0) is 49.0 Å². The van der Waals surface area contributed by atoms with Crippen LogP contribution in [0.1, 0.15) is 36.1 Å². The Morgan fingerprint density at radius 3 is 2.94 bits per heavy atom. The van der Waals surface area contributed by atoms with Gasteiger partial charge in [-0.15, -0.1) is 0 Å². The number of thioether (sulfide) groups is 1. The van der Waals surface area contributed by atoms with Gasteiger partial charge in [0.1, 0.15) is 6.04 Å². The molecule has 1 saturated heterocycles. The van der Waals surface area contributed by atoms with Crippen LogP contribution >= 0.6 is 11.8 Å². The molecule has 2 atom stereocenters. The highest BCUT2D eigenvalue weighted by Gasteiger charge is 2.31. The topological polar surface area (TPSA) is 142 Å². The zero-order chi connectivity index (χ0) is 25.9. The van der Waals surface area contributed by atoms with Crippen LogP contribution in [0.25, 0.3) is 0 Å². The first-order valence-electron chi connectivity index (χ1n) is 11.9. The maximum atomic E-state index is 13.0. The van der Waals surface area contributed by atoms with Crippen molar-refractivity contribution in [1.82, 2.24) is 25.1 Å². The lowest BCUT2D eigenvalue weighted by Gasteiger charge is -2.31. The maximum Gasteiger partial charge on any atom is 0.326 e. The second kappa shape index (κ2) is 13.7. The molecule has 0 unspecified atom stereocenters. The van der Waals surface area contributed by atoms with Crippen LogP contribution in [0.15, 0.2) is 36.8 Å². The molecule has 2 heterocycles. The number of H-pyrrole nitrogens is 1. The number of benzene rings is 1. The molecule has 192 valence electrons. The van der Waals surface area contributed by atoms with E-state index in [0.29, 0.717) is 43.1 Å². The Morgan fingerprint density at radius 1 is 1.42 bits per heavy atom. The largest absolute Gasteiger partial charge is 0.480 e. The molecule has 10 nitrogen and oxygen atoms in total. The summed E-state index contributed by atoms with van der Waals surface area (Å²) >= 11 is 1.52. The van der Waals surface area contributed by atoms with E-state index >= 15 is 0 Å². The van der Waals surface area contributed by atoms with Gasteiger partial charge in [-0.1, -0.05) is 12.1 Å². The van der Waals surface area contributed by atoms with Crippen LogP contribution in [0.3, 0.4) is 0 Å². The standard InChI is InChI=1S/C25H32N6O4S/c1-36-9-7-22(25(34)35)29-23(32)16-30(14-19-5-2-4-18(10-19)12-26)15-21-6-3-8-31(21)24(33)11-20-13-27-17-28-20/h2,4-5,10,13,17,21-22H,3,6-9,11,14-16H2,1H3,(H,27,28)(H,29,32)(H,34,35)/t21-,22-/m0/s1. The Bertz CT molecular complexity index is 1070. The zero-order valence-corrected chi connectivity index (χ0v) is 21.2. The number of imidazole rings is 1. The Kier molecular flexibility index (Phi) is 10.3. The molecule has 1 aliphatic rings. The Balaban J connectivity index is 1.71. The monoisotopic (exact) mass is 512 g/mol. The fourth-order valence-corrected chi connectivity index (χ4v) is 4.89. The molecule has 0 aliphatic carbocycles. The Morgan fingerprint density at radius 2 is 2.25 bits per heavy atom. The highest BCUT2D eigenvalue weighted by Crippen LogP contribution is 2.21. The first kappa shape index (κ1) is 27.2. The van der Waals surface area contributed by atoms with Gasteiger partial charge < -0.3 is 20.3 Å². The molecule has 0 radical (unpaired) electrons. The van der Waals surface area contributed by atoms with E-state index in [9.17, 15) is 24.8 Å². The maximum absolute atomic E-state index is 13.0. The van der Waals surface area contributed by atoms with Crippen molar-refractivity contribution in [3.05, 3.63) is 53.6 Å². The quantitative estimate of drug-likeness (QED) is 0.368. The number of aromatic nitrogens is 2. The molecule has 36 heavy (non-hydrogen) atoms. The summed E-state index contributed by atoms with van der Waals surface area (Å²) in [4.78, 5) is 48.2. The minimum Gasteiger partial charge on any atom is -0.480 e. The van der Waals surface area contributed by atoms with Crippen LogP contribution in [0.5, 0.6) is 0 Å². The smallest absolute Gasteiger partial charge is 0.326 e. The van der Waals surface area contributed by atoms with Crippen LogP contribution in [0.4, 0.5) is 0 Å². The highest BCUT2D eigenvalue weighted by molar-refractivity contribution is 7.98. The first-order valence-corrected chi connectivity index (χ1v) is 13.3. The number of carbonyl (C=O) groups excluding carboxylic acids is 2. The average Bonchev–Trinajstić information content (AvgIpc) is 3.53. The molecule has 3 N–H and O–H groups in total. The molecule has 3 rings (SSSR count). The van der Waals surface area contributed by atoms with E-state index in [4.69, 9.17) is 0 Å². The molecule has 1 aromatic heterocycles. The van der Waals surface area contributed by atoms with Crippen LogP contribution in [-0.2, 0) is 27.3 Å². The summed E-state index contributed by atoms with van der Waals surface area (Å²) in [7, 11) is 0. The number of carboxylic acids is 1. The van der Waals surface area contributed by atoms with Gasteiger partial charge in [0, 0.05) is 31.9 Å². The number of likely N-dealkylation sites (tertiary alicyclic amines) is 1. The van der Waals surface area contributed by atoms with Crippen molar-refractivity contribution < 1.29 is 19.5 Å². The molecular formula is C25H32N6O4S.